The fourth-order valence-corrected chi connectivity index (χ4v) is 5.98. The molecule has 0 spiro atoms. The molecule has 5 nitrogen and oxygen atoms in total. The van der Waals surface area contributed by atoms with Gasteiger partial charge < -0.3 is 9.84 Å². The minimum atomic E-state index is -1.01. The van der Waals surface area contributed by atoms with Crippen molar-refractivity contribution in [3.05, 3.63) is 149 Å². The first-order valence-electron chi connectivity index (χ1n) is 14.9. The van der Waals surface area contributed by atoms with E-state index in [-0.39, 0.29) is 18.2 Å². The number of benzene rings is 5. The number of carbonyl (C=O) groups excluding carboxylic acids is 2. The molecule has 5 rings (SSSR count). The molecule has 5 aromatic rings. The van der Waals surface area contributed by atoms with E-state index in [1.54, 1.807) is 25.6 Å². The quantitative estimate of drug-likeness (QED) is 0.110. The first kappa shape index (κ1) is 32.2. The van der Waals surface area contributed by atoms with Gasteiger partial charge in [-0.3, -0.25) is 9.59 Å². The van der Waals surface area contributed by atoms with Gasteiger partial charge in [0.1, 0.15) is 5.75 Å². The second kappa shape index (κ2) is 14.7. The molecule has 6 heteroatoms. The SMILES string of the molecule is CC(=O)c1ccc(-c2ccc(C(=CCSc3ccc(OCC(=O)O)c(C)c3)c3ccc(-c4ccc(C(C)=O)cc4)cc3)cc2)cc1. The molecule has 0 bridgehead atoms. The summed E-state index contributed by atoms with van der Waals surface area (Å²) in [4.78, 5) is 35.3. The Bertz CT molecular complexity index is 1780. The monoisotopic (exact) mass is 626 g/mol. The normalized spacial score (nSPS) is 10.7. The number of hydrogen-bond acceptors (Lipinski definition) is 5. The van der Waals surface area contributed by atoms with Crippen LogP contribution in [0.5, 0.6) is 5.75 Å². The van der Waals surface area contributed by atoms with Crippen molar-refractivity contribution in [2.45, 2.75) is 25.7 Å². The summed E-state index contributed by atoms with van der Waals surface area (Å²) in [6.07, 6.45) is 2.22. The van der Waals surface area contributed by atoms with Crippen molar-refractivity contribution in [1.82, 2.24) is 0 Å². The molecule has 0 aromatic heterocycles. The zero-order valence-corrected chi connectivity index (χ0v) is 26.8. The molecule has 0 aliphatic carbocycles. The van der Waals surface area contributed by atoms with Gasteiger partial charge in [0.2, 0.25) is 0 Å². The lowest BCUT2D eigenvalue weighted by Crippen LogP contribution is -2.09. The van der Waals surface area contributed by atoms with Crippen molar-refractivity contribution in [2.24, 2.45) is 0 Å². The van der Waals surface area contributed by atoms with Gasteiger partial charge in [-0.1, -0.05) is 103 Å². The third kappa shape index (κ3) is 8.09. The molecule has 0 aliphatic heterocycles. The molecular weight excluding hydrogens is 593 g/mol. The molecule has 0 saturated carbocycles. The van der Waals surface area contributed by atoms with E-state index in [1.165, 1.54) is 0 Å². The van der Waals surface area contributed by atoms with E-state index < -0.39 is 5.97 Å². The Kier molecular flexibility index (Phi) is 10.3. The number of carbonyl (C=O) groups is 3. The number of Topliss-reactive ketones (excluding diaryl/α,β-unsaturated/α-hetero) is 2. The maximum Gasteiger partial charge on any atom is 0.341 e. The molecule has 1 N–H and O–H groups in total. The Morgan fingerprint density at radius 3 is 1.41 bits per heavy atom. The number of ketones is 2. The van der Waals surface area contributed by atoms with E-state index in [9.17, 15) is 14.4 Å². The maximum absolute atomic E-state index is 11.7. The summed E-state index contributed by atoms with van der Waals surface area (Å²) in [6, 6.07) is 38.0. The standard InChI is InChI=1S/C40H34O5S/c1-26-24-37(20-21-39(26)45-25-40(43)44)46-23-22-38(35-16-12-33(13-17-35)31-8-4-29(5-9-31)27(2)41)36-18-14-34(15-19-36)32-10-6-30(7-11-32)28(3)42/h4-22,24H,23,25H2,1-3H3,(H,43,44). The van der Waals surface area contributed by atoms with Crippen molar-refractivity contribution in [3.63, 3.8) is 0 Å². The molecule has 0 saturated heterocycles. The van der Waals surface area contributed by atoms with Crippen LogP contribution in [0.3, 0.4) is 0 Å². The average molecular weight is 627 g/mol. The Balaban J connectivity index is 1.41. The summed E-state index contributed by atoms with van der Waals surface area (Å²) >= 11 is 1.69. The van der Waals surface area contributed by atoms with Crippen LogP contribution in [0.1, 0.15) is 51.3 Å². The van der Waals surface area contributed by atoms with E-state index >= 15 is 0 Å². The number of rotatable bonds is 12. The smallest absolute Gasteiger partial charge is 0.341 e. The Labute approximate surface area is 273 Å². The molecule has 0 radical (unpaired) electrons. The van der Waals surface area contributed by atoms with Crippen molar-refractivity contribution in [1.29, 1.82) is 0 Å². The number of carboxylic acid groups (broad SMARTS) is 1. The largest absolute Gasteiger partial charge is 0.482 e. The second-order valence-electron chi connectivity index (χ2n) is 11.0. The van der Waals surface area contributed by atoms with Crippen molar-refractivity contribution < 1.29 is 24.2 Å². The Hall–Kier alpha value is -5.20. The highest BCUT2D eigenvalue weighted by molar-refractivity contribution is 7.99. The number of ether oxygens (including phenoxy) is 1. The van der Waals surface area contributed by atoms with Crippen LogP contribution < -0.4 is 4.74 Å². The molecule has 46 heavy (non-hydrogen) atoms. The van der Waals surface area contributed by atoms with Crippen LogP contribution in [-0.2, 0) is 4.79 Å². The van der Waals surface area contributed by atoms with Gasteiger partial charge in [-0.25, -0.2) is 4.79 Å². The minimum Gasteiger partial charge on any atom is -0.482 e. The summed E-state index contributed by atoms with van der Waals surface area (Å²) < 4.78 is 5.38. The van der Waals surface area contributed by atoms with Crippen molar-refractivity contribution >= 4 is 34.9 Å². The topological polar surface area (TPSA) is 80.7 Å². The number of carboxylic acids is 1. The minimum absolute atomic E-state index is 0.0475. The first-order valence-corrected chi connectivity index (χ1v) is 15.9. The van der Waals surface area contributed by atoms with Crippen LogP contribution in [0.2, 0.25) is 0 Å². The molecule has 230 valence electrons. The predicted molar refractivity (Wildman–Crippen MR) is 186 cm³/mol. The summed E-state index contributed by atoms with van der Waals surface area (Å²) in [7, 11) is 0. The lowest BCUT2D eigenvalue weighted by Gasteiger charge is -2.12. The summed E-state index contributed by atoms with van der Waals surface area (Å²) in [5.41, 5.74) is 9.76. The third-order valence-corrected chi connectivity index (χ3v) is 8.60. The molecule has 0 amide bonds. The predicted octanol–water partition coefficient (Wildman–Crippen LogP) is 9.42. The van der Waals surface area contributed by atoms with Gasteiger partial charge in [-0.05, 0) is 83.5 Å². The van der Waals surface area contributed by atoms with E-state index in [4.69, 9.17) is 9.84 Å². The molecule has 0 aliphatic rings. The molecule has 5 aromatic carbocycles. The highest BCUT2D eigenvalue weighted by Crippen LogP contribution is 2.31. The zero-order valence-electron chi connectivity index (χ0n) is 25.9. The van der Waals surface area contributed by atoms with Gasteiger partial charge >= 0.3 is 5.97 Å². The fraction of sp³-hybridized carbons (Fsp3) is 0.125. The van der Waals surface area contributed by atoms with Gasteiger partial charge in [0.25, 0.3) is 0 Å². The van der Waals surface area contributed by atoms with Crippen LogP contribution >= 0.6 is 11.8 Å². The highest BCUT2D eigenvalue weighted by atomic mass is 32.2. The lowest BCUT2D eigenvalue weighted by atomic mass is 9.93. The lowest BCUT2D eigenvalue weighted by molar-refractivity contribution is -0.139. The number of aliphatic carboxylic acids is 1. The first-order chi connectivity index (χ1) is 22.2. The Morgan fingerprint density at radius 2 is 1.04 bits per heavy atom. The molecule has 0 fully saturated rings. The maximum atomic E-state index is 11.7. The van der Waals surface area contributed by atoms with Crippen molar-refractivity contribution in [3.8, 4) is 28.0 Å². The zero-order chi connectivity index (χ0) is 32.6. The van der Waals surface area contributed by atoms with Crippen LogP contribution in [-0.4, -0.2) is 35.0 Å². The summed E-state index contributed by atoms with van der Waals surface area (Å²) in [5, 5.41) is 8.92. The highest BCUT2D eigenvalue weighted by Gasteiger charge is 2.10. The van der Waals surface area contributed by atoms with Gasteiger partial charge in [-0.15, -0.1) is 11.8 Å². The van der Waals surface area contributed by atoms with Crippen LogP contribution in [0, 0.1) is 6.92 Å². The van der Waals surface area contributed by atoms with Gasteiger partial charge in [-0.2, -0.15) is 0 Å². The summed E-state index contributed by atoms with van der Waals surface area (Å²) in [5.74, 6) is 0.369. The number of aryl methyl sites for hydroxylation is 1. The summed E-state index contributed by atoms with van der Waals surface area (Å²) in [6.45, 7) is 4.68. The number of hydrogen-bond donors (Lipinski definition) is 1. The van der Waals surface area contributed by atoms with Crippen molar-refractivity contribution in [2.75, 3.05) is 12.4 Å². The molecule has 0 atom stereocenters. The van der Waals surface area contributed by atoms with Gasteiger partial charge in [0.15, 0.2) is 18.2 Å². The Morgan fingerprint density at radius 1 is 0.630 bits per heavy atom. The van der Waals surface area contributed by atoms with Gasteiger partial charge in [0.05, 0.1) is 0 Å². The van der Waals surface area contributed by atoms with Crippen LogP contribution in [0.4, 0.5) is 0 Å². The molecular formula is C40H34O5S. The van der Waals surface area contributed by atoms with Crippen LogP contribution in [0.15, 0.2) is 126 Å². The third-order valence-electron chi connectivity index (χ3n) is 7.68. The molecule has 0 unspecified atom stereocenters. The average Bonchev–Trinajstić information content (AvgIpc) is 3.06. The number of thioether (sulfide) groups is 1. The van der Waals surface area contributed by atoms with Gasteiger partial charge in [0, 0.05) is 21.8 Å². The van der Waals surface area contributed by atoms with E-state index in [0.717, 1.165) is 49.4 Å². The van der Waals surface area contributed by atoms with E-state index in [1.807, 2.05) is 73.7 Å². The molecule has 0 heterocycles. The van der Waals surface area contributed by atoms with E-state index in [2.05, 4.69) is 54.6 Å². The van der Waals surface area contributed by atoms with Crippen LogP contribution in [0.25, 0.3) is 27.8 Å². The fourth-order valence-electron chi connectivity index (χ4n) is 5.12. The second-order valence-corrected chi connectivity index (χ2v) is 12.1. The van der Waals surface area contributed by atoms with E-state index in [0.29, 0.717) is 22.6 Å².